The van der Waals surface area contributed by atoms with Crippen molar-refractivity contribution < 1.29 is 28.6 Å². The lowest BCUT2D eigenvalue weighted by atomic mass is 10.1. The van der Waals surface area contributed by atoms with Gasteiger partial charge in [0.25, 0.3) is 0 Å². The van der Waals surface area contributed by atoms with Crippen LogP contribution in [-0.2, 0) is 28.6 Å². The molecule has 6 heteroatoms. The van der Waals surface area contributed by atoms with Crippen molar-refractivity contribution in [1.29, 1.82) is 0 Å². The predicted octanol–water partition coefficient (Wildman–Crippen LogP) is 19.3. The molecule has 0 spiro atoms. The number of carbonyl (C=O) groups excluding carboxylic acids is 3. The highest BCUT2D eigenvalue weighted by Gasteiger charge is 2.19. The van der Waals surface area contributed by atoms with Crippen molar-refractivity contribution in [3.63, 3.8) is 0 Å². The smallest absolute Gasteiger partial charge is 0.306 e. The van der Waals surface area contributed by atoms with Crippen molar-refractivity contribution in [2.75, 3.05) is 13.2 Å². The molecule has 0 unspecified atom stereocenters. The second kappa shape index (κ2) is 56.9. The Morgan fingerprint density at radius 1 is 0.304 bits per heavy atom. The van der Waals surface area contributed by atoms with E-state index in [1.165, 1.54) is 103 Å². The van der Waals surface area contributed by atoms with Gasteiger partial charge >= 0.3 is 17.9 Å². The summed E-state index contributed by atoms with van der Waals surface area (Å²) in [4.78, 5) is 38.2. The third kappa shape index (κ3) is 55.1. The van der Waals surface area contributed by atoms with Crippen molar-refractivity contribution >= 4 is 17.9 Å². The Morgan fingerprint density at radius 3 is 0.942 bits per heavy atom. The molecule has 0 aliphatic rings. The van der Waals surface area contributed by atoms with E-state index in [0.717, 1.165) is 122 Å². The van der Waals surface area contributed by atoms with Crippen molar-refractivity contribution in [3.8, 4) is 0 Å². The van der Waals surface area contributed by atoms with Crippen molar-refractivity contribution in [1.82, 2.24) is 0 Å². The van der Waals surface area contributed by atoms with Crippen LogP contribution < -0.4 is 0 Å². The van der Waals surface area contributed by atoms with Gasteiger partial charge in [0.2, 0.25) is 0 Å². The Labute approximate surface area is 426 Å². The Balaban J connectivity index is 4.48. The maximum absolute atomic E-state index is 12.9. The van der Waals surface area contributed by atoms with E-state index in [2.05, 4.69) is 118 Å². The van der Waals surface area contributed by atoms with E-state index in [1.807, 2.05) is 0 Å². The third-order valence-electron chi connectivity index (χ3n) is 12.0. The van der Waals surface area contributed by atoms with Gasteiger partial charge in [-0.25, -0.2) is 0 Å². The summed E-state index contributed by atoms with van der Waals surface area (Å²) in [5, 5.41) is 0. The Hall–Kier alpha value is -3.67. The van der Waals surface area contributed by atoms with Crippen molar-refractivity contribution in [2.24, 2.45) is 0 Å². The number of unbranched alkanes of at least 4 members (excludes halogenated alkanes) is 24. The Morgan fingerprint density at radius 2 is 0.565 bits per heavy atom. The highest BCUT2D eigenvalue weighted by atomic mass is 16.6. The maximum atomic E-state index is 12.9. The number of ether oxygens (including phenoxy) is 3. The molecule has 0 N–H and O–H groups in total. The number of hydrogen-bond donors (Lipinski definition) is 0. The topological polar surface area (TPSA) is 78.9 Å². The monoisotopic (exact) mass is 959 g/mol. The number of allylic oxidation sites excluding steroid dienone is 16. The average molecular weight is 960 g/mol. The summed E-state index contributed by atoms with van der Waals surface area (Å²) in [5.74, 6) is -0.949. The van der Waals surface area contributed by atoms with E-state index in [-0.39, 0.29) is 37.5 Å². The highest BCUT2D eigenvalue weighted by Crippen LogP contribution is 2.14. The van der Waals surface area contributed by atoms with Gasteiger partial charge in [0.1, 0.15) is 13.2 Å². The number of esters is 3. The van der Waals surface area contributed by atoms with E-state index in [4.69, 9.17) is 14.2 Å². The molecule has 0 aromatic rings. The fraction of sp³-hybridized carbons (Fsp3) is 0.698. The van der Waals surface area contributed by atoms with E-state index in [0.29, 0.717) is 12.8 Å². The molecule has 0 rings (SSSR count). The number of rotatable bonds is 51. The minimum atomic E-state index is -0.805. The standard InChI is InChI=1S/C63H106O6/c1-4-7-10-13-16-19-22-25-28-30-31-33-36-39-42-45-48-51-54-57-63(66)69-60(58-67-61(64)55-52-49-46-43-40-37-34-27-24-21-18-15-12-9-6-3)59-68-62(65)56-53-50-47-44-41-38-35-32-29-26-23-20-17-14-11-8-5-2/h9,12,16,18-19,21,25-29,31,33-34,39,42,60H,4-8,10-11,13-15,17,20,22-24,30,32,35-38,40-41,43-59H2,1-3H3/b12-9-,19-16-,21-18-,28-25-,29-26-,33-31-,34-27-,42-39-/t60-/m1/s1. The molecule has 0 amide bonds. The second-order valence-electron chi connectivity index (χ2n) is 18.8. The second-order valence-corrected chi connectivity index (χ2v) is 18.8. The van der Waals surface area contributed by atoms with Gasteiger partial charge in [-0.2, -0.15) is 0 Å². The lowest BCUT2D eigenvalue weighted by Gasteiger charge is -2.18. The third-order valence-corrected chi connectivity index (χ3v) is 12.0. The molecule has 1 atom stereocenters. The summed E-state index contributed by atoms with van der Waals surface area (Å²) in [5.41, 5.74) is 0. The Kier molecular flexibility index (Phi) is 53.9. The van der Waals surface area contributed by atoms with Crippen LogP contribution in [0.1, 0.15) is 265 Å². The molecule has 0 bridgehead atoms. The van der Waals surface area contributed by atoms with E-state index in [1.54, 1.807) is 0 Å². The molecule has 0 heterocycles. The summed E-state index contributed by atoms with van der Waals surface area (Å²) < 4.78 is 16.8. The molecule has 0 aliphatic carbocycles. The first kappa shape index (κ1) is 65.3. The first-order valence-electron chi connectivity index (χ1n) is 28.7. The molecule has 0 aromatic carbocycles. The SMILES string of the molecule is CC/C=C\C/C=C\C/C=C\CCCCCCCC(=O)OC[C@H](COC(=O)CCCCCCCCC/C=C\CCCCCCCC)OC(=O)CCCCC/C=C\C/C=C\C/C=C\C/C=C\CCCCC. The lowest BCUT2D eigenvalue weighted by molar-refractivity contribution is -0.167. The van der Waals surface area contributed by atoms with Crippen LogP contribution >= 0.6 is 0 Å². The molecular formula is C63H106O6. The van der Waals surface area contributed by atoms with Crippen LogP contribution in [0.5, 0.6) is 0 Å². The quantitative estimate of drug-likeness (QED) is 0.0262. The summed E-state index contributed by atoms with van der Waals surface area (Å²) >= 11 is 0. The molecule has 0 fully saturated rings. The van der Waals surface area contributed by atoms with Crippen molar-refractivity contribution in [2.45, 2.75) is 271 Å². The van der Waals surface area contributed by atoms with Crippen LogP contribution in [0.2, 0.25) is 0 Å². The van der Waals surface area contributed by atoms with Gasteiger partial charge in [-0.05, 0) is 122 Å². The van der Waals surface area contributed by atoms with E-state index in [9.17, 15) is 14.4 Å². The van der Waals surface area contributed by atoms with Crippen LogP contribution in [0.4, 0.5) is 0 Å². The van der Waals surface area contributed by atoms with Crippen LogP contribution in [0.25, 0.3) is 0 Å². The van der Waals surface area contributed by atoms with Crippen molar-refractivity contribution in [3.05, 3.63) is 97.2 Å². The van der Waals surface area contributed by atoms with E-state index < -0.39 is 6.10 Å². The van der Waals surface area contributed by atoms with Gasteiger partial charge in [0.15, 0.2) is 6.10 Å². The van der Waals surface area contributed by atoms with Crippen LogP contribution in [0.15, 0.2) is 97.2 Å². The van der Waals surface area contributed by atoms with Gasteiger partial charge in [-0.3, -0.25) is 14.4 Å². The molecular weight excluding hydrogens is 853 g/mol. The molecule has 0 saturated heterocycles. The fourth-order valence-electron chi connectivity index (χ4n) is 7.73. The number of hydrogen-bond acceptors (Lipinski definition) is 6. The van der Waals surface area contributed by atoms with Crippen LogP contribution in [0, 0.1) is 0 Å². The fourth-order valence-corrected chi connectivity index (χ4v) is 7.73. The zero-order valence-corrected chi connectivity index (χ0v) is 45.0. The first-order chi connectivity index (χ1) is 34.0. The molecule has 0 saturated carbocycles. The van der Waals surface area contributed by atoms with E-state index >= 15 is 0 Å². The van der Waals surface area contributed by atoms with Gasteiger partial charge in [0.05, 0.1) is 0 Å². The first-order valence-corrected chi connectivity index (χ1v) is 28.7. The normalized spacial score (nSPS) is 12.8. The van der Waals surface area contributed by atoms with Crippen LogP contribution in [0.3, 0.4) is 0 Å². The van der Waals surface area contributed by atoms with Gasteiger partial charge < -0.3 is 14.2 Å². The van der Waals surface area contributed by atoms with Crippen LogP contribution in [-0.4, -0.2) is 37.2 Å². The lowest BCUT2D eigenvalue weighted by Crippen LogP contribution is -2.30. The van der Waals surface area contributed by atoms with Gasteiger partial charge in [0, 0.05) is 19.3 Å². The zero-order valence-electron chi connectivity index (χ0n) is 45.0. The predicted molar refractivity (Wildman–Crippen MR) is 297 cm³/mol. The molecule has 0 radical (unpaired) electrons. The minimum absolute atomic E-state index is 0.0988. The zero-order chi connectivity index (χ0) is 50.0. The maximum Gasteiger partial charge on any atom is 0.306 e. The van der Waals surface area contributed by atoms with Gasteiger partial charge in [-0.1, -0.05) is 221 Å². The average Bonchev–Trinajstić information content (AvgIpc) is 3.35. The summed E-state index contributed by atoms with van der Waals surface area (Å²) in [6.07, 6.45) is 75.3. The minimum Gasteiger partial charge on any atom is -0.462 e. The molecule has 6 nitrogen and oxygen atoms in total. The molecule has 0 aliphatic heterocycles. The Bertz CT molecular complexity index is 1380. The molecule has 0 aromatic heterocycles. The van der Waals surface area contributed by atoms with Gasteiger partial charge in [-0.15, -0.1) is 0 Å². The number of carbonyl (C=O) groups is 3. The highest BCUT2D eigenvalue weighted by molar-refractivity contribution is 5.71. The molecule has 394 valence electrons. The summed E-state index contributed by atoms with van der Waals surface area (Å²) in [7, 11) is 0. The molecule has 69 heavy (non-hydrogen) atoms. The summed E-state index contributed by atoms with van der Waals surface area (Å²) in [6, 6.07) is 0. The summed E-state index contributed by atoms with van der Waals surface area (Å²) in [6.45, 7) is 6.46. The largest absolute Gasteiger partial charge is 0.462 e.